The molecule has 0 unspecified atom stereocenters. The van der Waals surface area contributed by atoms with Crippen molar-refractivity contribution in [1.82, 2.24) is 10.5 Å². The molecule has 0 fully saturated rings. The number of hydrogen-bond donors (Lipinski definition) is 2. The van der Waals surface area contributed by atoms with E-state index in [2.05, 4.69) is 15.8 Å². The minimum Gasteiger partial charge on any atom is -0.370 e. The summed E-state index contributed by atoms with van der Waals surface area (Å²) in [4.78, 5) is 0. The molecular weight excluding hydrogens is 130 g/mol. The molecular formula is C6H11N3O. The highest BCUT2D eigenvalue weighted by Gasteiger charge is 1.98. The molecule has 0 saturated carbocycles. The van der Waals surface area contributed by atoms with Crippen LogP contribution in [0, 0.1) is 0 Å². The number of anilines is 1. The molecule has 0 saturated heterocycles. The fourth-order valence-electron chi connectivity index (χ4n) is 0.688. The van der Waals surface area contributed by atoms with Crippen molar-refractivity contribution in [3.63, 3.8) is 0 Å². The van der Waals surface area contributed by atoms with E-state index in [4.69, 9.17) is 4.52 Å². The lowest BCUT2D eigenvalue weighted by atomic mass is 10.4. The first kappa shape index (κ1) is 7.08. The van der Waals surface area contributed by atoms with Gasteiger partial charge in [0.1, 0.15) is 0 Å². The summed E-state index contributed by atoms with van der Waals surface area (Å²) < 4.78 is 4.92. The topological polar surface area (TPSA) is 50.1 Å². The lowest BCUT2D eigenvalue weighted by Crippen LogP contribution is -2.03. The fourth-order valence-corrected chi connectivity index (χ4v) is 0.688. The summed E-state index contributed by atoms with van der Waals surface area (Å²) in [6.07, 6.45) is 0. The molecule has 0 amide bonds. The lowest BCUT2D eigenvalue weighted by Gasteiger charge is -1.87. The van der Waals surface area contributed by atoms with Gasteiger partial charge in [0.2, 0.25) is 0 Å². The van der Waals surface area contributed by atoms with E-state index in [0.717, 1.165) is 11.6 Å². The molecule has 1 heterocycles. The molecule has 4 nitrogen and oxygen atoms in total. The number of nitrogens with one attached hydrogen (secondary N) is 2. The zero-order valence-corrected chi connectivity index (χ0v) is 6.14. The SMILES string of the molecule is CNCc1cc(NC)no1. The average Bonchev–Trinajstić information content (AvgIpc) is 2.37. The van der Waals surface area contributed by atoms with Crippen LogP contribution in [0.3, 0.4) is 0 Å². The van der Waals surface area contributed by atoms with Crippen molar-refractivity contribution in [2.24, 2.45) is 0 Å². The Kier molecular flexibility index (Phi) is 2.28. The Morgan fingerprint density at radius 1 is 1.60 bits per heavy atom. The third-order valence-electron chi connectivity index (χ3n) is 1.17. The largest absolute Gasteiger partial charge is 0.370 e. The second kappa shape index (κ2) is 3.22. The van der Waals surface area contributed by atoms with E-state index in [1.807, 2.05) is 13.1 Å². The molecule has 56 valence electrons. The molecule has 10 heavy (non-hydrogen) atoms. The Hall–Kier alpha value is -1.03. The number of hydrogen-bond acceptors (Lipinski definition) is 4. The Labute approximate surface area is 59.6 Å². The van der Waals surface area contributed by atoms with Gasteiger partial charge in [-0.25, -0.2) is 0 Å². The summed E-state index contributed by atoms with van der Waals surface area (Å²) in [5.41, 5.74) is 0. The number of rotatable bonds is 3. The maximum absolute atomic E-state index is 4.92. The maximum Gasteiger partial charge on any atom is 0.169 e. The summed E-state index contributed by atoms with van der Waals surface area (Å²) in [5, 5.41) is 9.56. The molecule has 2 N–H and O–H groups in total. The van der Waals surface area contributed by atoms with E-state index in [1.54, 1.807) is 7.05 Å². The monoisotopic (exact) mass is 141 g/mol. The van der Waals surface area contributed by atoms with Crippen LogP contribution in [0.5, 0.6) is 0 Å². The van der Waals surface area contributed by atoms with Crippen LogP contribution < -0.4 is 10.6 Å². The van der Waals surface area contributed by atoms with Crippen molar-refractivity contribution in [3.05, 3.63) is 11.8 Å². The summed E-state index contributed by atoms with van der Waals surface area (Å²) in [5.74, 6) is 1.61. The van der Waals surface area contributed by atoms with Crippen LogP contribution in [0.15, 0.2) is 10.6 Å². The first-order valence-corrected chi connectivity index (χ1v) is 3.14. The molecule has 0 atom stereocenters. The van der Waals surface area contributed by atoms with E-state index < -0.39 is 0 Å². The van der Waals surface area contributed by atoms with E-state index in [0.29, 0.717) is 6.54 Å². The summed E-state index contributed by atoms with van der Waals surface area (Å²) in [6.45, 7) is 0.717. The summed E-state index contributed by atoms with van der Waals surface area (Å²) >= 11 is 0. The van der Waals surface area contributed by atoms with Crippen molar-refractivity contribution < 1.29 is 4.52 Å². The van der Waals surface area contributed by atoms with Gasteiger partial charge in [-0.3, -0.25) is 0 Å². The van der Waals surface area contributed by atoms with Crippen LogP contribution >= 0.6 is 0 Å². The Balaban J connectivity index is 2.59. The third kappa shape index (κ3) is 1.48. The fraction of sp³-hybridized carbons (Fsp3) is 0.500. The second-order valence-corrected chi connectivity index (χ2v) is 1.96. The predicted octanol–water partition coefficient (Wildman–Crippen LogP) is 0.436. The summed E-state index contributed by atoms with van der Waals surface area (Å²) in [7, 11) is 3.67. The quantitative estimate of drug-likeness (QED) is 0.641. The first-order chi connectivity index (χ1) is 4.86. The van der Waals surface area contributed by atoms with Crippen molar-refractivity contribution in [2.45, 2.75) is 6.54 Å². The van der Waals surface area contributed by atoms with Crippen molar-refractivity contribution >= 4 is 5.82 Å². The van der Waals surface area contributed by atoms with E-state index in [9.17, 15) is 0 Å². The van der Waals surface area contributed by atoms with Crippen molar-refractivity contribution in [2.75, 3.05) is 19.4 Å². The molecule has 0 spiro atoms. The van der Waals surface area contributed by atoms with Gasteiger partial charge in [-0.2, -0.15) is 0 Å². The molecule has 1 aromatic rings. The average molecular weight is 141 g/mol. The maximum atomic E-state index is 4.92. The Bertz CT molecular complexity index is 197. The van der Waals surface area contributed by atoms with Crippen LogP contribution in [0.1, 0.15) is 5.76 Å². The number of nitrogens with zero attached hydrogens (tertiary/aromatic N) is 1. The predicted molar refractivity (Wildman–Crippen MR) is 38.8 cm³/mol. The van der Waals surface area contributed by atoms with Crippen LogP contribution in [0.2, 0.25) is 0 Å². The van der Waals surface area contributed by atoms with Gasteiger partial charge in [0, 0.05) is 13.1 Å². The molecule has 0 radical (unpaired) electrons. The van der Waals surface area contributed by atoms with Gasteiger partial charge in [-0.05, 0) is 7.05 Å². The van der Waals surface area contributed by atoms with Crippen LogP contribution in [0.25, 0.3) is 0 Å². The molecule has 0 aliphatic rings. The zero-order valence-electron chi connectivity index (χ0n) is 6.14. The van der Waals surface area contributed by atoms with Gasteiger partial charge in [-0.15, -0.1) is 0 Å². The van der Waals surface area contributed by atoms with Gasteiger partial charge >= 0.3 is 0 Å². The van der Waals surface area contributed by atoms with E-state index >= 15 is 0 Å². The van der Waals surface area contributed by atoms with Gasteiger partial charge < -0.3 is 15.2 Å². The smallest absolute Gasteiger partial charge is 0.169 e. The minimum absolute atomic E-state index is 0.717. The normalized spacial score (nSPS) is 9.80. The summed E-state index contributed by atoms with van der Waals surface area (Å²) in [6, 6.07) is 1.86. The molecule has 1 aromatic heterocycles. The van der Waals surface area contributed by atoms with E-state index in [1.165, 1.54) is 0 Å². The standard InChI is InChI=1S/C6H11N3O/c1-7-4-5-3-6(8-2)9-10-5/h3,7H,4H2,1-2H3,(H,8,9). The first-order valence-electron chi connectivity index (χ1n) is 3.14. The van der Waals surface area contributed by atoms with Crippen LogP contribution in [0.4, 0.5) is 5.82 Å². The van der Waals surface area contributed by atoms with Crippen molar-refractivity contribution in [1.29, 1.82) is 0 Å². The minimum atomic E-state index is 0.717. The molecule has 1 rings (SSSR count). The third-order valence-corrected chi connectivity index (χ3v) is 1.17. The molecule has 0 aliphatic carbocycles. The molecule has 0 bridgehead atoms. The highest BCUT2D eigenvalue weighted by molar-refractivity contribution is 5.32. The van der Waals surface area contributed by atoms with Gasteiger partial charge in [0.15, 0.2) is 11.6 Å². The van der Waals surface area contributed by atoms with Crippen LogP contribution in [-0.4, -0.2) is 19.3 Å². The van der Waals surface area contributed by atoms with Gasteiger partial charge in [-0.1, -0.05) is 5.16 Å². The van der Waals surface area contributed by atoms with Gasteiger partial charge in [0.05, 0.1) is 6.54 Å². The lowest BCUT2D eigenvalue weighted by molar-refractivity contribution is 0.379. The molecule has 0 aromatic carbocycles. The molecule has 4 heteroatoms. The Morgan fingerprint density at radius 2 is 2.40 bits per heavy atom. The highest BCUT2D eigenvalue weighted by atomic mass is 16.5. The van der Waals surface area contributed by atoms with Crippen LogP contribution in [-0.2, 0) is 6.54 Å². The van der Waals surface area contributed by atoms with E-state index in [-0.39, 0.29) is 0 Å². The number of aromatic nitrogens is 1. The van der Waals surface area contributed by atoms with Gasteiger partial charge in [0.25, 0.3) is 0 Å². The second-order valence-electron chi connectivity index (χ2n) is 1.96. The molecule has 0 aliphatic heterocycles. The zero-order chi connectivity index (χ0) is 7.40. The highest BCUT2D eigenvalue weighted by Crippen LogP contribution is 2.06. The van der Waals surface area contributed by atoms with Crippen molar-refractivity contribution in [3.8, 4) is 0 Å². The Morgan fingerprint density at radius 3 is 2.90 bits per heavy atom.